The molecule has 1 atom stereocenters. The van der Waals surface area contributed by atoms with Gasteiger partial charge in [-0.05, 0) is 98.7 Å². The fourth-order valence-corrected chi connectivity index (χ4v) is 4.60. The molecule has 2 amide bonds. The standard InChI is InChI=1S/C32H45N5O5/c1-10-24(36(8)9)26-18-23-20-34-27(19-25(23)37(26)30(40)42-32(5,6)7)35-28(38)22-15-13-21(14-16-22)12-11-17-33-29(39)41-31(2,3)4/h13-16,18-20,24H,10-12,17H2,1-9H3,(H,33,39)(H,34,35,38). The van der Waals surface area contributed by atoms with Gasteiger partial charge in [0.2, 0.25) is 0 Å². The largest absolute Gasteiger partial charge is 0.444 e. The summed E-state index contributed by atoms with van der Waals surface area (Å²) in [6.07, 6.45) is 3.02. The molecule has 0 spiro atoms. The van der Waals surface area contributed by atoms with E-state index < -0.39 is 23.4 Å². The fourth-order valence-electron chi connectivity index (χ4n) is 4.60. The normalized spacial score (nSPS) is 12.7. The van der Waals surface area contributed by atoms with E-state index in [0.717, 1.165) is 35.9 Å². The van der Waals surface area contributed by atoms with E-state index in [1.165, 1.54) is 0 Å². The van der Waals surface area contributed by atoms with E-state index in [1.807, 2.05) is 73.8 Å². The zero-order valence-electron chi connectivity index (χ0n) is 26.3. The van der Waals surface area contributed by atoms with Crippen molar-refractivity contribution < 1.29 is 23.9 Å². The molecule has 3 rings (SSSR count). The highest BCUT2D eigenvalue weighted by molar-refractivity contribution is 6.04. The van der Waals surface area contributed by atoms with Gasteiger partial charge in [-0.2, -0.15) is 0 Å². The zero-order chi connectivity index (χ0) is 31.2. The molecular weight excluding hydrogens is 534 g/mol. The minimum Gasteiger partial charge on any atom is -0.444 e. The first kappa shape index (κ1) is 32.6. The number of nitrogens with zero attached hydrogens (tertiary/aromatic N) is 3. The molecule has 0 aliphatic heterocycles. The Labute approximate surface area is 248 Å². The SMILES string of the molecule is CCC(c1cc2cnc(NC(=O)c3ccc(CCCNC(=O)OC(C)(C)C)cc3)cc2n1C(=O)OC(C)(C)C)N(C)C. The Morgan fingerprint density at radius 3 is 2.19 bits per heavy atom. The molecule has 0 bridgehead atoms. The number of pyridine rings is 1. The van der Waals surface area contributed by atoms with Gasteiger partial charge in [-0.3, -0.25) is 4.79 Å². The second kappa shape index (κ2) is 13.4. The number of anilines is 1. The number of fused-ring (bicyclic) bond motifs is 1. The Kier molecular flexibility index (Phi) is 10.4. The summed E-state index contributed by atoms with van der Waals surface area (Å²) < 4.78 is 12.6. The first-order valence-corrected chi connectivity index (χ1v) is 14.4. The molecule has 228 valence electrons. The van der Waals surface area contributed by atoms with Crippen molar-refractivity contribution in [2.75, 3.05) is 26.0 Å². The highest BCUT2D eigenvalue weighted by Crippen LogP contribution is 2.31. The summed E-state index contributed by atoms with van der Waals surface area (Å²) in [5.41, 5.74) is 1.74. The van der Waals surface area contributed by atoms with Crippen molar-refractivity contribution in [3.05, 3.63) is 59.4 Å². The molecule has 0 fully saturated rings. The van der Waals surface area contributed by atoms with E-state index in [4.69, 9.17) is 9.47 Å². The predicted molar refractivity (Wildman–Crippen MR) is 165 cm³/mol. The number of rotatable bonds is 9. The summed E-state index contributed by atoms with van der Waals surface area (Å²) in [5.74, 6) is 0.0208. The van der Waals surface area contributed by atoms with E-state index in [-0.39, 0.29) is 11.9 Å². The Bertz CT molecular complexity index is 1400. The number of carbonyl (C=O) groups excluding carboxylic acids is 3. The highest BCUT2D eigenvalue weighted by atomic mass is 16.6. The van der Waals surface area contributed by atoms with Crippen molar-refractivity contribution in [1.82, 2.24) is 19.8 Å². The lowest BCUT2D eigenvalue weighted by molar-refractivity contribution is 0.0518. The van der Waals surface area contributed by atoms with Crippen molar-refractivity contribution >= 4 is 34.8 Å². The molecular formula is C32H45N5O5. The van der Waals surface area contributed by atoms with Gasteiger partial charge in [0.1, 0.15) is 17.0 Å². The van der Waals surface area contributed by atoms with E-state index in [2.05, 4.69) is 27.4 Å². The Morgan fingerprint density at radius 2 is 1.62 bits per heavy atom. The maximum Gasteiger partial charge on any atom is 0.419 e. The summed E-state index contributed by atoms with van der Waals surface area (Å²) in [6.45, 7) is 13.5. The topological polar surface area (TPSA) is 115 Å². The van der Waals surface area contributed by atoms with Gasteiger partial charge in [0.05, 0.1) is 5.52 Å². The van der Waals surface area contributed by atoms with Gasteiger partial charge in [-0.1, -0.05) is 19.1 Å². The lowest BCUT2D eigenvalue weighted by Crippen LogP contribution is -2.33. The van der Waals surface area contributed by atoms with Crippen LogP contribution in [0.5, 0.6) is 0 Å². The van der Waals surface area contributed by atoms with Crippen LogP contribution in [0, 0.1) is 0 Å². The van der Waals surface area contributed by atoms with Crippen LogP contribution in [-0.2, 0) is 15.9 Å². The third kappa shape index (κ3) is 9.04. The summed E-state index contributed by atoms with van der Waals surface area (Å²) >= 11 is 0. The smallest absolute Gasteiger partial charge is 0.419 e. The summed E-state index contributed by atoms with van der Waals surface area (Å²) in [7, 11) is 3.95. The second-order valence-corrected chi connectivity index (χ2v) is 12.6. The van der Waals surface area contributed by atoms with Crippen LogP contribution < -0.4 is 10.6 Å². The van der Waals surface area contributed by atoms with Gasteiger partial charge in [0, 0.05) is 41.5 Å². The molecule has 42 heavy (non-hydrogen) atoms. The number of carbonyl (C=O) groups is 3. The van der Waals surface area contributed by atoms with E-state index in [1.54, 1.807) is 29.0 Å². The molecule has 2 heterocycles. The summed E-state index contributed by atoms with van der Waals surface area (Å²) in [4.78, 5) is 44.7. The number of aryl methyl sites for hydroxylation is 1. The van der Waals surface area contributed by atoms with Gasteiger partial charge < -0.3 is 25.0 Å². The molecule has 2 N–H and O–H groups in total. The van der Waals surface area contributed by atoms with Crippen molar-refractivity contribution in [3.8, 4) is 0 Å². The molecule has 0 aliphatic rings. The number of alkyl carbamates (subject to hydrolysis) is 1. The van der Waals surface area contributed by atoms with Gasteiger partial charge in [-0.25, -0.2) is 19.1 Å². The number of aromatic nitrogens is 2. The lowest BCUT2D eigenvalue weighted by Gasteiger charge is -2.26. The number of nitrogens with one attached hydrogen (secondary N) is 2. The minimum absolute atomic E-state index is 0.0189. The third-order valence-electron chi connectivity index (χ3n) is 6.41. The van der Waals surface area contributed by atoms with Crippen LogP contribution in [0.15, 0.2) is 42.6 Å². The molecule has 2 aromatic heterocycles. The van der Waals surface area contributed by atoms with Crippen LogP contribution in [0.1, 0.15) is 89.0 Å². The molecule has 10 heteroatoms. The fraction of sp³-hybridized carbons (Fsp3) is 0.500. The van der Waals surface area contributed by atoms with E-state index in [9.17, 15) is 14.4 Å². The average Bonchev–Trinajstić information content (AvgIpc) is 3.23. The molecule has 0 saturated heterocycles. The number of amides is 2. The van der Waals surface area contributed by atoms with Gasteiger partial charge in [-0.15, -0.1) is 0 Å². The predicted octanol–water partition coefficient (Wildman–Crippen LogP) is 6.54. The van der Waals surface area contributed by atoms with Crippen LogP contribution in [0.4, 0.5) is 15.4 Å². The minimum atomic E-state index is -0.671. The highest BCUT2D eigenvalue weighted by Gasteiger charge is 2.27. The van der Waals surface area contributed by atoms with Crippen molar-refractivity contribution in [2.24, 2.45) is 0 Å². The number of benzene rings is 1. The average molecular weight is 580 g/mol. The Balaban J connectivity index is 1.73. The maximum atomic E-state index is 13.4. The Hall–Kier alpha value is -3.92. The van der Waals surface area contributed by atoms with Crippen LogP contribution in [-0.4, -0.2) is 64.4 Å². The van der Waals surface area contributed by atoms with Crippen LogP contribution in [0.25, 0.3) is 10.9 Å². The molecule has 1 aromatic carbocycles. The summed E-state index contributed by atoms with van der Waals surface area (Å²) in [5, 5.41) is 6.38. The van der Waals surface area contributed by atoms with E-state index in [0.29, 0.717) is 23.4 Å². The zero-order valence-corrected chi connectivity index (χ0v) is 26.3. The first-order valence-electron chi connectivity index (χ1n) is 14.4. The van der Waals surface area contributed by atoms with Gasteiger partial charge in [0.15, 0.2) is 0 Å². The Morgan fingerprint density at radius 1 is 0.976 bits per heavy atom. The molecule has 0 saturated carbocycles. The van der Waals surface area contributed by atoms with E-state index >= 15 is 0 Å². The number of hydrogen-bond acceptors (Lipinski definition) is 7. The van der Waals surface area contributed by atoms with Crippen molar-refractivity contribution in [2.45, 2.75) is 85.0 Å². The van der Waals surface area contributed by atoms with Crippen molar-refractivity contribution in [3.63, 3.8) is 0 Å². The first-order chi connectivity index (χ1) is 19.6. The van der Waals surface area contributed by atoms with Gasteiger partial charge >= 0.3 is 12.2 Å². The maximum absolute atomic E-state index is 13.4. The van der Waals surface area contributed by atoms with Crippen LogP contribution >= 0.6 is 0 Å². The molecule has 0 radical (unpaired) electrons. The number of hydrogen-bond donors (Lipinski definition) is 2. The van der Waals surface area contributed by atoms with Crippen LogP contribution in [0.2, 0.25) is 0 Å². The summed E-state index contributed by atoms with van der Waals surface area (Å²) in [6, 6.07) is 10.9. The third-order valence-corrected chi connectivity index (χ3v) is 6.41. The van der Waals surface area contributed by atoms with Gasteiger partial charge in [0.25, 0.3) is 5.91 Å². The molecule has 0 aliphatic carbocycles. The number of ether oxygens (including phenoxy) is 2. The second-order valence-electron chi connectivity index (χ2n) is 12.6. The van der Waals surface area contributed by atoms with Crippen molar-refractivity contribution in [1.29, 1.82) is 0 Å². The van der Waals surface area contributed by atoms with Crippen LogP contribution in [0.3, 0.4) is 0 Å². The molecule has 10 nitrogen and oxygen atoms in total. The molecule has 1 unspecified atom stereocenters. The quantitative estimate of drug-likeness (QED) is 0.277. The monoisotopic (exact) mass is 579 g/mol. The lowest BCUT2D eigenvalue weighted by atomic mass is 10.1. The molecule has 3 aromatic rings.